The van der Waals surface area contributed by atoms with Crippen LogP contribution in [0.2, 0.25) is 5.02 Å². The molecule has 0 saturated heterocycles. The summed E-state index contributed by atoms with van der Waals surface area (Å²) in [5, 5.41) is 0.837. The van der Waals surface area contributed by atoms with Crippen molar-refractivity contribution in [1.82, 2.24) is 0 Å². The SMILES string of the molecule is Cc1cccc(N2Cc3cccc(N)c3C2)c1Cl. The Morgan fingerprint density at radius 3 is 2.67 bits per heavy atom. The van der Waals surface area contributed by atoms with Crippen molar-refractivity contribution < 1.29 is 0 Å². The molecule has 1 heterocycles. The van der Waals surface area contributed by atoms with Gasteiger partial charge in [-0.1, -0.05) is 35.9 Å². The van der Waals surface area contributed by atoms with Crippen LogP contribution in [0.15, 0.2) is 36.4 Å². The Hall–Kier alpha value is -1.67. The molecule has 1 aliphatic heterocycles. The van der Waals surface area contributed by atoms with Gasteiger partial charge in [0.15, 0.2) is 0 Å². The van der Waals surface area contributed by atoms with Crippen LogP contribution in [0.1, 0.15) is 16.7 Å². The van der Waals surface area contributed by atoms with E-state index >= 15 is 0 Å². The van der Waals surface area contributed by atoms with Crippen LogP contribution in [-0.2, 0) is 13.1 Å². The van der Waals surface area contributed by atoms with Gasteiger partial charge in [0.05, 0.1) is 10.7 Å². The van der Waals surface area contributed by atoms with Gasteiger partial charge in [-0.2, -0.15) is 0 Å². The quantitative estimate of drug-likeness (QED) is 0.790. The van der Waals surface area contributed by atoms with E-state index in [4.69, 9.17) is 17.3 Å². The fourth-order valence-electron chi connectivity index (χ4n) is 2.49. The molecule has 2 N–H and O–H groups in total. The third-order valence-corrected chi connectivity index (χ3v) is 4.02. The van der Waals surface area contributed by atoms with Crippen LogP contribution < -0.4 is 10.6 Å². The van der Waals surface area contributed by atoms with Crippen LogP contribution in [0.3, 0.4) is 0 Å². The van der Waals surface area contributed by atoms with Crippen LogP contribution in [0.25, 0.3) is 0 Å². The average molecular weight is 259 g/mol. The molecular formula is C15H15ClN2. The van der Waals surface area contributed by atoms with E-state index in [1.54, 1.807) is 0 Å². The van der Waals surface area contributed by atoms with Gasteiger partial charge in [0.25, 0.3) is 0 Å². The molecule has 0 bridgehead atoms. The molecule has 3 heteroatoms. The van der Waals surface area contributed by atoms with Gasteiger partial charge < -0.3 is 10.6 Å². The van der Waals surface area contributed by atoms with E-state index in [-0.39, 0.29) is 0 Å². The van der Waals surface area contributed by atoms with Gasteiger partial charge >= 0.3 is 0 Å². The maximum absolute atomic E-state index is 6.38. The van der Waals surface area contributed by atoms with E-state index in [1.165, 1.54) is 11.1 Å². The number of hydrogen-bond acceptors (Lipinski definition) is 2. The second-order valence-electron chi connectivity index (χ2n) is 4.75. The molecule has 0 radical (unpaired) electrons. The van der Waals surface area contributed by atoms with Gasteiger partial charge in [0.2, 0.25) is 0 Å². The summed E-state index contributed by atoms with van der Waals surface area (Å²) in [4.78, 5) is 2.27. The molecule has 1 aliphatic rings. The number of nitrogens with zero attached hydrogens (tertiary/aromatic N) is 1. The first kappa shape index (κ1) is 11.4. The van der Waals surface area contributed by atoms with Gasteiger partial charge in [0, 0.05) is 18.8 Å². The molecule has 0 saturated carbocycles. The zero-order valence-electron chi connectivity index (χ0n) is 10.3. The molecule has 0 spiro atoms. The van der Waals surface area contributed by atoms with Gasteiger partial charge in [-0.25, -0.2) is 0 Å². The molecule has 0 amide bonds. The van der Waals surface area contributed by atoms with E-state index in [9.17, 15) is 0 Å². The van der Waals surface area contributed by atoms with Crippen molar-refractivity contribution in [2.75, 3.05) is 10.6 Å². The zero-order valence-corrected chi connectivity index (χ0v) is 11.0. The van der Waals surface area contributed by atoms with Gasteiger partial charge in [-0.05, 0) is 35.7 Å². The first-order valence-corrected chi connectivity index (χ1v) is 6.41. The summed E-state index contributed by atoms with van der Waals surface area (Å²) >= 11 is 6.38. The second kappa shape index (κ2) is 4.21. The standard InChI is InChI=1S/C15H15ClN2/c1-10-4-2-7-14(15(10)16)18-8-11-5-3-6-13(17)12(11)9-18/h2-7H,8-9,17H2,1H3. The Balaban J connectivity index is 1.99. The Morgan fingerprint density at radius 2 is 1.89 bits per heavy atom. The fraction of sp³-hybridized carbons (Fsp3) is 0.200. The number of nitrogens with two attached hydrogens (primary N) is 1. The highest BCUT2D eigenvalue weighted by Gasteiger charge is 2.22. The molecule has 3 rings (SSSR count). The lowest BCUT2D eigenvalue weighted by Crippen LogP contribution is -2.15. The smallest absolute Gasteiger partial charge is 0.0668 e. The number of nitrogen functional groups attached to an aromatic ring is 1. The van der Waals surface area contributed by atoms with Crippen molar-refractivity contribution in [2.45, 2.75) is 20.0 Å². The molecular weight excluding hydrogens is 244 g/mol. The summed E-state index contributed by atoms with van der Waals surface area (Å²) in [5.41, 5.74) is 11.6. The Bertz CT molecular complexity index is 607. The lowest BCUT2D eigenvalue weighted by atomic mass is 10.1. The van der Waals surface area contributed by atoms with Gasteiger partial charge in [-0.15, -0.1) is 0 Å². The van der Waals surface area contributed by atoms with Crippen molar-refractivity contribution in [2.24, 2.45) is 0 Å². The maximum atomic E-state index is 6.38. The van der Waals surface area contributed by atoms with E-state index < -0.39 is 0 Å². The molecule has 0 fully saturated rings. The summed E-state index contributed by atoms with van der Waals surface area (Å²) < 4.78 is 0. The summed E-state index contributed by atoms with van der Waals surface area (Å²) in [5.74, 6) is 0. The van der Waals surface area contributed by atoms with Crippen molar-refractivity contribution >= 4 is 23.0 Å². The molecule has 0 atom stereocenters. The van der Waals surface area contributed by atoms with Crippen molar-refractivity contribution in [3.8, 4) is 0 Å². The third-order valence-electron chi connectivity index (χ3n) is 3.53. The van der Waals surface area contributed by atoms with Crippen molar-refractivity contribution in [3.05, 3.63) is 58.1 Å². The van der Waals surface area contributed by atoms with Crippen LogP contribution in [-0.4, -0.2) is 0 Å². The highest BCUT2D eigenvalue weighted by Crippen LogP contribution is 2.36. The monoisotopic (exact) mass is 258 g/mol. The van der Waals surface area contributed by atoms with E-state index in [1.807, 2.05) is 31.2 Å². The highest BCUT2D eigenvalue weighted by atomic mass is 35.5. The maximum Gasteiger partial charge on any atom is 0.0668 e. The zero-order chi connectivity index (χ0) is 12.7. The topological polar surface area (TPSA) is 29.3 Å². The van der Waals surface area contributed by atoms with Crippen molar-refractivity contribution in [1.29, 1.82) is 0 Å². The van der Waals surface area contributed by atoms with Crippen LogP contribution in [0.5, 0.6) is 0 Å². The van der Waals surface area contributed by atoms with Crippen molar-refractivity contribution in [3.63, 3.8) is 0 Å². The molecule has 2 aromatic rings. The normalized spacial score (nSPS) is 13.8. The first-order valence-electron chi connectivity index (χ1n) is 6.03. The summed E-state index contributed by atoms with van der Waals surface area (Å²) in [6.07, 6.45) is 0. The Morgan fingerprint density at radius 1 is 1.11 bits per heavy atom. The minimum absolute atomic E-state index is 0.837. The molecule has 2 nitrogen and oxygen atoms in total. The number of hydrogen-bond donors (Lipinski definition) is 1. The number of halogens is 1. The molecule has 0 unspecified atom stereocenters. The molecule has 0 aromatic heterocycles. The largest absolute Gasteiger partial charge is 0.398 e. The molecule has 92 valence electrons. The number of benzene rings is 2. The van der Waals surface area contributed by atoms with E-state index in [0.717, 1.165) is 35.1 Å². The molecule has 0 aliphatic carbocycles. The lowest BCUT2D eigenvalue weighted by Gasteiger charge is -2.20. The van der Waals surface area contributed by atoms with Gasteiger partial charge in [0.1, 0.15) is 0 Å². The summed E-state index contributed by atoms with van der Waals surface area (Å²) in [7, 11) is 0. The number of aryl methyl sites for hydroxylation is 1. The number of anilines is 2. The van der Waals surface area contributed by atoms with Crippen LogP contribution >= 0.6 is 11.6 Å². The number of fused-ring (bicyclic) bond motifs is 1. The third kappa shape index (κ3) is 1.73. The Labute approximate surface area is 112 Å². The summed E-state index contributed by atoms with van der Waals surface area (Å²) in [6, 6.07) is 12.2. The van der Waals surface area contributed by atoms with Crippen LogP contribution in [0, 0.1) is 6.92 Å². The molecule has 2 aromatic carbocycles. The first-order chi connectivity index (χ1) is 8.66. The predicted octanol–water partition coefficient (Wildman–Crippen LogP) is 3.75. The summed E-state index contributed by atoms with van der Waals surface area (Å²) in [6.45, 7) is 3.75. The minimum atomic E-state index is 0.837. The molecule has 18 heavy (non-hydrogen) atoms. The lowest BCUT2D eigenvalue weighted by molar-refractivity contribution is 0.880. The Kier molecular flexibility index (Phi) is 2.67. The predicted molar refractivity (Wildman–Crippen MR) is 76.9 cm³/mol. The second-order valence-corrected chi connectivity index (χ2v) is 5.13. The van der Waals surface area contributed by atoms with E-state index in [0.29, 0.717) is 0 Å². The van der Waals surface area contributed by atoms with Crippen LogP contribution in [0.4, 0.5) is 11.4 Å². The number of rotatable bonds is 1. The average Bonchev–Trinajstić information content (AvgIpc) is 2.78. The van der Waals surface area contributed by atoms with E-state index in [2.05, 4.69) is 17.0 Å². The minimum Gasteiger partial charge on any atom is -0.398 e. The van der Waals surface area contributed by atoms with Gasteiger partial charge in [-0.3, -0.25) is 0 Å². The fourth-order valence-corrected chi connectivity index (χ4v) is 2.74. The highest BCUT2D eigenvalue weighted by molar-refractivity contribution is 6.34.